The smallest absolute Gasteiger partial charge is 0.214 e. The van der Waals surface area contributed by atoms with Crippen LogP contribution in [-0.4, -0.2) is 46.0 Å². The molecule has 1 rings (SSSR count). The van der Waals surface area contributed by atoms with Gasteiger partial charge in [-0.15, -0.1) is 0 Å². The fourth-order valence-electron chi connectivity index (χ4n) is 1.81. The summed E-state index contributed by atoms with van der Waals surface area (Å²) in [5.74, 6) is 0. The van der Waals surface area contributed by atoms with E-state index in [2.05, 4.69) is 10.0 Å². The molecule has 6 heteroatoms. The zero-order valence-corrected chi connectivity index (χ0v) is 10.8. The first kappa shape index (κ1) is 13.9. The van der Waals surface area contributed by atoms with E-state index in [0.29, 0.717) is 26.1 Å². The second kappa shape index (κ2) is 6.54. The molecule has 2 N–H and O–H groups in total. The molecular formula is C10H22N2O3S. The summed E-state index contributed by atoms with van der Waals surface area (Å²) >= 11 is 0. The standard InChI is InChI=1S/C10H22N2O3S/c1-3-15-8-9(2)12-16(13,14)10-4-6-11-7-5-10/h9-12H,3-8H2,1-2H3. The van der Waals surface area contributed by atoms with E-state index in [-0.39, 0.29) is 11.3 Å². The largest absolute Gasteiger partial charge is 0.380 e. The van der Waals surface area contributed by atoms with Gasteiger partial charge in [0.15, 0.2) is 0 Å². The van der Waals surface area contributed by atoms with Crippen molar-refractivity contribution in [1.29, 1.82) is 0 Å². The molecule has 0 aromatic rings. The third-order valence-electron chi connectivity index (χ3n) is 2.66. The molecule has 0 aliphatic carbocycles. The molecule has 0 aromatic carbocycles. The minimum absolute atomic E-state index is 0.153. The van der Waals surface area contributed by atoms with Gasteiger partial charge < -0.3 is 10.1 Å². The normalized spacial score (nSPS) is 20.9. The van der Waals surface area contributed by atoms with Crippen molar-refractivity contribution >= 4 is 10.0 Å². The van der Waals surface area contributed by atoms with Crippen LogP contribution in [0.15, 0.2) is 0 Å². The quantitative estimate of drug-likeness (QED) is 0.701. The van der Waals surface area contributed by atoms with Crippen LogP contribution in [0.3, 0.4) is 0 Å². The molecule has 1 heterocycles. The van der Waals surface area contributed by atoms with Gasteiger partial charge in [0.2, 0.25) is 10.0 Å². The maximum absolute atomic E-state index is 12.0. The third-order valence-corrected chi connectivity index (χ3v) is 4.74. The lowest BCUT2D eigenvalue weighted by atomic mass is 10.2. The van der Waals surface area contributed by atoms with E-state index in [1.807, 2.05) is 13.8 Å². The lowest BCUT2D eigenvalue weighted by molar-refractivity contribution is 0.133. The molecule has 0 saturated carbocycles. The first-order chi connectivity index (χ1) is 7.56. The van der Waals surface area contributed by atoms with Crippen LogP contribution in [0, 0.1) is 0 Å². The zero-order chi connectivity index (χ0) is 12.0. The maximum Gasteiger partial charge on any atom is 0.214 e. The molecule has 16 heavy (non-hydrogen) atoms. The number of piperidine rings is 1. The highest BCUT2D eigenvalue weighted by molar-refractivity contribution is 7.90. The topological polar surface area (TPSA) is 67.4 Å². The van der Waals surface area contributed by atoms with Crippen LogP contribution in [0.2, 0.25) is 0 Å². The number of hydrogen-bond acceptors (Lipinski definition) is 4. The van der Waals surface area contributed by atoms with Crippen LogP contribution in [0.4, 0.5) is 0 Å². The molecule has 1 aliphatic heterocycles. The lowest BCUT2D eigenvalue weighted by Crippen LogP contribution is -2.45. The number of sulfonamides is 1. The monoisotopic (exact) mass is 250 g/mol. The molecule has 1 aliphatic rings. The second-order valence-corrected chi connectivity index (χ2v) is 6.17. The van der Waals surface area contributed by atoms with Gasteiger partial charge in [0.25, 0.3) is 0 Å². The first-order valence-corrected chi connectivity index (χ1v) is 7.40. The highest BCUT2D eigenvalue weighted by Crippen LogP contribution is 2.12. The summed E-state index contributed by atoms with van der Waals surface area (Å²) in [7, 11) is -3.18. The Bertz CT molecular complexity index is 286. The van der Waals surface area contributed by atoms with Gasteiger partial charge in [-0.3, -0.25) is 0 Å². The van der Waals surface area contributed by atoms with Gasteiger partial charge in [-0.05, 0) is 39.8 Å². The molecule has 1 unspecified atom stereocenters. The summed E-state index contributed by atoms with van der Waals surface area (Å²) in [6.45, 7) is 6.33. The van der Waals surface area contributed by atoms with Gasteiger partial charge in [-0.1, -0.05) is 0 Å². The lowest BCUT2D eigenvalue weighted by Gasteiger charge is -2.24. The zero-order valence-electron chi connectivity index (χ0n) is 10.0. The van der Waals surface area contributed by atoms with Crippen molar-refractivity contribution in [3.05, 3.63) is 0 Å². The minimum Gasteiger partial charge on any atom is -0.380 e. The van der Waals surface area contributed by atoms with Crippen LogP contribution in [0.5, 0.6) is 0 Å². The van der Waals surface area contributed by atoms with Crippen molar-refractivity contribution < 1.29 is 13.2 Å². The molecule has 0 bridgehead atoms. The fourth-order valence-corrected chi connectivity index (χ4v) is 3.49. The van der Waals surface area contributed by atoms with Crippen molar-refractivity contribution in [1.82, 2.24) is 10.0 Å². The van der Waals surface area contributed by atoms with E-state index < -0.39 is 10.0 Å². The molecule has 0 radical (unpaired) electrons. The predicted octanol–water partition coefficient (Wildman–Crippen LogP) is 0.0828. The Morgan fingerprint density at radius 1 is 1.44 bits per heavy atom. The summed E-state index contributed by atoms with van der Waals surface area (Å²) < 4.78 is 31.8. The van der Waals surface area contributed by atoms with Crippen LogP contribution in [0.1, 0.15) is 26.7 Å². The van der Waals surface area contributed by atoms with Crippen LogP contribution >= 0.6 is 0 Å². The summed E-state index contributed by atoms with van der Waals surface area (Å²) in [5.41, 5.74) is 0. The first-order valence-electron chi connectivity index (χ1n) is 5.86. The molecule has 1 saturated heterocycles. The number of hydrogen-bond donors (Lipinski definition) is 2. The van der Waals surface area contributed by atoms with Crippen LogP contribution < -0.4 is 10.0 Å². The van der Waals surface area contributed by atoms with E-state index >= 15 is 0 Å². The second-order valence-electron chi connectivity index (χ2n) is 4.17. The molecule has 1 fully saturated rings. The molecule has 1 atom stereocenters. The van der Waals surface area contributed by atoms with Crippen molar-refractivity contribution in [2.24, 2.45) is 0 Å². The van der Waals surface area contributed by atoms with Gasteiger partial charge in [0.05, 0.1) is 11.9 Å². The Labute approximate surface area is 98.0 Å². The average Bonchev–Trinajstić information content (AvgIpc) is 2.27. The molecular weight excluding hydrogens is 228 g/mol. The van der Waals surface area contributed by atoms with E-state index in [4.69, 9.17) is 4.74 Å². The van der Waals surface area contributed by atoms with E-state index in [9.17, 15) is 8.42 Å². The number of nitrogens with one attached hydrogen (secondary N) is 2. The van der Waals surface area contributed by atoms with E-state index in [1.165, 1.54) is 0 Å². The van der Waals surface area contributed by atoms with Gasteiger partial charge in [-0.2, -0.15) is 0 Å². The SMILES string of the molecule is CCOCC(C)NS(=O)(=O)C1CCNCC1. The van der Waals surface area contributed by atoms with Crippen LogP contribution in [-0.2, 0) is 14.8 Å². The Hall–Kier alpha value is -0.170. The summed E-state index contributed by atoms with van der Waals surface area (Å²) in [4.78, 5) is 0. The van der Waals surface area contributed by atoms with Crippen molar-refractivity contribution in [2.75, 3.05) is 26.3 Å². The Morgan fingerprint density at radius 2 is 2.06 bits per heavy atom. The van der Waals surface area contributed by atoms with Gasteiger partial charge in [-0.25, -0.2) is 13.1 Å². The molecule has 5 nitrogen and oxygen atoms in total. The average molecular weight is 250 g/mol. The van der Waals surface area contributed by atoms with E-state index in [1.54, 1.807) is 0 Å². The summed E-state index contributed by atoms with van der Waals surface area (Å²) in [6.07, 6.45) is 1.38. The number of ether oxygens (including phenoxy) is 1. The Kier molecular flexibility index (Phi) is 5.68. The van der Waals surface area contributed by atoms with Crippen LogP contribution in [0.25, 0.3) is 0 Å². The molecule has 0 spiro atoms. The van der Waals surface area contributed by atoms with Gasteiger partial charge >= 0.3 is 0 Å². The molecule has 0 amide bonds. The number of rotatable bonds is 6. The molecule has 0 aromatic heterocycles. The van der Waals surface area contributed by atoms with Crippen molar-refractivity contribution in [3.8, 4) is 0 Å². The minimum atomic E-state index is -3.18. The fraction of sp³-hybridized carbons (Fsp3) is 1.00. The highest BCUT2D eigenvalue weighted by Gasteiger charge is 2.28. The van der Waals surface area contributed by atoms with Crippen molar-refractivity contribution in [3.63, 3.8) is 0 Å². The molecule has 96 valence electrons. The van der Waals surface area contributed by atoms with E-state index in [0.717, 1.165) is 13.1 Å². The Morgan fingerprint density at radius 3 is 2.62 bits per heavy atom. The van der Waals surface area contributed by atoms with Crippen molar-refractivity contribution in [2.45, 2.75) is 38.0 Å². The highest BCUT2D eigenvalue weighted by atomic mass is 32.2. The van der Waals surface area contributed by atoms with Gasteiger partial charge in [0, 0.05) is 12.6 Å². The maximum atomic E-state index is 12.0. The van der Waals surface area contributed by atoms with Gasteiger partial charge in [0.1, 0.15) is 0 Å². The predicted molar refractivity (Wildman–Crippen MR) is 63.9 cm³/mol. The third kappa shape index (κ3) is 4.37. The Balaban J connectivity index is 2.43. The summed E-state index contributed by atoms with van der Waals surface area (Å²) in [5, 5.41) is 2.91. The summed E-state index contributed by atoms with van der Waals surface area (Å²) in [6, 6.07) is -0.153.